The Bertz CT molecular complexity index is 1630. The molecule has 2 aliphatic rings. The Morgan fingerprint density at radius 2 is 1.98 bits per heavy atom. The summed E-state index contributed by atoms with van der Waals surface area (Å²) in [6.07, 6.45) is 3.72. The van der Waals surface area contributed by atoms with Crippen molar-refractivity contribution in [1.82, 2.24) is 29.8 Å². The molecule has 1 aromatic carbocycles. The van der Waals surface area contributed by atoms with E-state index in [1.165, 1.54) is 18.3 Å². The highest BCUT2D eigenvalue weighted by Crippen LogP contribution is 2.39. The molecule has 2 N–H and O–H groups in total. The second kappa shape index (κ2) is 10.3. The van der Waals surface area contributed by atoms with Crippen molar-refractivity contribution in [3.8, 4) is 16.9 Å². The van der Waals surface area contributed by atoms with Gasteiger partial charge in [-0.3, -0.25) is 4.90 Å². The number of carboxylic acid groups (broad SMARTS) is 1. The van der Waals surface area contributed by atoms with Crippen LogP contribution in [0.5, 0.6) is 5.75 Å². The maximum atomic E-state index is 11.4. The van der Waals surface area contributed by atoms with E-state index in [1.807, 2.05) is 32.3 Å². The number of imidazole rings is 1. The predicted molar refractivity (Wildman–Crippen MR) is 158 cm³/mol. The molecule has 4 heterocycles. The molecule has 0 atom stereocenters. The number of benzene rings is 1. The van der Waals surface area contributed by atoms with E-state index in [2.05, 4.69) is 44.7 Å². The van der Waals surface area contributed by atoms with Gasteiger partial charge in [0.15, 0.2) is 5.65 Å². The molecule has 1 aliphatic carbocycles. The van der Waals surface area contributed by atoms with Gasteiger partial charge < -0.3 is 24.6 Å². The minimum atomic E-state index is -1.10. The molecule has 0 saturated carbocycles. The van der Waals surface area contributed by atoms with Crippen LogP contribution in [0.2, 0.25) is 0 Å². The standard InChI is InChI=1S/C30H36N8O3/c1-30(2)9-8-22-21(14-30)27(34-25(32-22)17-36(3)4)38-10-11-41-24-7-6-18(12-20(24)16-38)19-13-23-26(31-15-19)35-28(33-23)37(5)29(39)40/h6-7,12-13,15H,8-11,14,16-17H2,1-5H3,(H,39,40)(H,31,33,35). The maximum Gasteiger partial charge on any atom is 0.413 e. The quantitative estimate of drug-likeness (QED) is 0.366. The summed E-state index contributed by atoms with van der Waals surface area (Å²) in [6, 6.07) is 8.14. The Morgan fingerprint density at radius 1 is 1.15 bits per heavy atom. The molecule has 0 radical (unpaired) electrons. The van der Waals surface area contributed by atoms with Crippen LogP contribution in [0.25, 0.3) is 22.3 Å². The Hall–Kier alpha value is -4.25. The van der Waals surface area contributed by atoms with Gasteiger partial charge >= 0.3 is 6.09 Å². The summed E-state index contributed by atoms with van der Waals surface area (Å²) >= 11 is 0. The van der Waals surface area contributed by atoms with Gasteiger partial charge in [0.25, 0.3) is 0 Å². The summed E-state index contributed by atoms with van der Waals surface area (Å²) in [6.45, 7) is 7.32. The van der Waals surface area contributed by atoms with E-state index in [9.17, 15) is 9.90 Å². The summed E-state index contributed by atoms with van der Waals surface area (Å²) in [4.78, 5) is 38.8. The van der Waals surface area contributed by atoms with Crippen molar-refractivity contribution < 1.29 is 14.6 Å². The third kappa shape index (κ3) is 5.41. The van der Waals surface area contributed by atoms with Gasteiger partial charge in [-0.25, -0.2) is 19.7 Å². The molecule has 214 valence electrons. The van der Waals surface area contributed by atoms with Gasteiger partial charge in [0.1, 0.15) is 24.0 Å². The van der Waals surface area contributed by atoms with Crippen LogP contribution in [0.1, 0.15) is 42.9 Å². The van der Waals surface area contributed by atoms with Crippen LogP contribution in [0.4, 0.5) is 16.6 Å². The molecule has 41 heavy (non-hydrogen) atoms. The van der Waals surface area contributed by atoms with Crippen molar-refractivity contribution in [3.63, 3.8) is 0 Å². The van der Waals surface area contributed by atoms with Crippen LogP contribution in [0.3, 0.4) is 0 Å². The van der Waals surface area contributed by atoms with E-state index in [0.29, 0.717) is 30.9 Å². The summed E-state index contributed by atoms with van der Waals surface area (Å²) in [5.74, 6) is 2.98. The minimum absolute atomic E-state index is 0.207. The molecular formula is C30H36N8O3. The average Bonchev–Trinajstić information content (AvgIpc) is 3.23. The third-order valence-electron chi connectivity index (χ3n) is 7.87. The van der Waals surface area contributed by atoms with Gasteiger partial charge in [0.05, 0.1) is 18.6 Å². The number of hydrogen-bond donors (Lipinski definition) is 2. The van der Waals surface area contributed by atoms with Crippen LogP contribution in [0.15, 0.2) is 30.5 Å². The molecule has 1 amide bonds. The van der Waals surface area contributed by atoms with Gasteiger partial charge in [0.2, 0.25) is 5.95 Å². The molecule has 11 heteroatoms. The predicted octanol–water partition coefficient (Wildman–Crippen LogP) is 4.50. The van der Waals surface area contributed by atoms with E-state index in [4.69, 9.17) is 14.7 Å². The first-order chi connectivity index (χ1) is 19.6. The van der Waals surface area contributed by atoms with Crippen LogP contribution in [0, 0.1) is 5.41 Å². The van der Waals surface area contributed by atoms with Crippen molar-refractivity contribution in [3.05, 3.63) is 53.1 Å². The lowest BCUT2D eigenvalue weighted by molar-refractivity contribution is 0.203. The van der Waals surface area contributed by atoms with Crippen molar-refractivity contribution in [2.24, 2.45) is 5.41 Å². The molecule has 0 unspecified atom stereocenters. The highest BCUT2D eigenvalue weighted by molar-refractivity contribution is 5.87. The van der Waals surface area contributed by atoms with E-state index in [-0.39, 0.29) is 11.4 Å². The van der Waals surface area contributed by atoms with Gasteiger partial charge in [-0.05, 0) is 62.5 Å². The van der Waals surface area contributed by atoms with Gasteiger partial charge in [-0.15, -0.1) is 0 Å². The first kappa shape index (κ1) is 26.9. The Labute approximate surface area is 239 Å². The van der Waals surface area contributed by atoms with Crippen LogP contribution < -0.4 is 14.5 Å². The number of anilines is 2. The molecule has 0 saturated heterocycles. The lowest BCUT2D eigenvalue weighted by Gasteiger charge is -2.34. The molecule has 1 aliphatic heterocycles. The monoisotopic (exact) mass is 556 g/mol. The summed E-state index contributed by atoms with van der Waals surface area (Å²) in [5.41, 5.74) is 6.75. The fourth-order valence-electron chi connectivity index (χ4n) is 5.64. The molecule has 4 aromatic rings. The zero-order valence-corrected chi connectivity index (χ0v) is 24.2. The molecule has 3 aromatic heterocycles. The first-order valence-corrected chi connectivity index (χ1v) is 13.9. The van der Waals surface area contributed by atoms with Crippen molar-refractivity contribution in [2.75, 3.05) is 44.1 Å². The van der Waals surface area contributed by atoms with Crippen molar-refractivity contribution in [2.45, 2.75) is 46.2 Å². The number of amides is 1. The fraction of sp³-hybridized carbons (Fsp3) is 0.433. The Balaban J connectivity index is 1.35. The summed E-state index contributed by atoms with van der Waals surface area (Å²) < 4.78 is 6.21. The number of rotatable bonds is 5. The molecular weight excluding hydrogens is 520 g/mol. The molecule has 0 fully saturated rings. The maximum absolute atomic E-state index is 11.4. The molecule has 0 spiro atoms. The first-order valence-electron chi connectivity index (χ1n) is 13.9. The number of nitrogens with one attached hydrogen (secondary N) is 1. The number of carbonyl (C=O) groups is 1. The normalized spacial score (nSPS) is 16.2. The number of H-pyrrole nitrogens is 1. The minimum Gasteiger partial charge on any atom is -0.491 e. The number of aromatic amines is 1. The molecule has 6 rings (SSSR count). The smallest absolute Gasteiger partial charge is 0.413 e. The zero-order valence-electron chi connectivity index (χ0n) is 24.2. The van der Waals surface area contributed by atoms with Crippen molar-refractivity contribution in [1.29, 1.82) is 0 Å². The molecule has 11 nitrogen and oxygen atoms in total. The number of ether oxygens (including phenoxy) is 1. The second-order valence-electron chi connectivity index (χ2n) is 12.1. The Morgan fingerprint density at radius 3 is 2.76 bits per heavy atom. The lowest BCUT2D eigenvalue weighted by Crippen LogP contribution is -2.32. The molecule has 0 bridgehead atoms. The number of aryl methyl sites for hydroxylation is 1. The number of pyridine rings is 1. The van der Waals surface area contributed by atoms with E-state index >= 15 is 0 Å². The number of fused-ring (bicyclic) bond motifs is 3. The zero-order chi connectivity index (χ0) is 28.9. The van der Waals surface area contributed by atoms with E-state index in [0.717, 1.165) is 64.8 Å². The van der Waals surface area contributed by atoms with Crippen LogP contribution in [-0.2, 0) is 25.9 Å². The van der Waals surface area contributed by atoms with Crippen LogP contribution in [-0.4, -0.2) is 75.3 Å². The topological polar surface area (TPSA) is 124 Å². The second-order valence-corrected chi connectivity index (χ2v) is 12.1. The van der Waals surface area contributed by atoms with Crippen LogP contribution >= 0.6 is 0 Å². The number of aromatic nitrogens is 5. The number of hydrogen-bond acceptors (Lipinski definition) is 8. The summed E-state index contributed by atoms with van der Waals surface area (Å²) in [5, 5.41) is 9.30. The van der Waals surface area contributed by atoms with Gasteiger partial charge in [-0.1, -0.05) is 19.9 Å². The van der Waals surface area contributed by atoms with Crippen molar-refractivity contribution >= 4 is 29.0 Å². The van der Waals surface area contributed by atoms with Gasteiger partial charge in [0, 0.05) is 42.2 Å². The van der Waals surface area contributed by atoms with E-state index < -0.39 is 6.09 Å². The summed E-state index contributed by atoms with van der Waals surface area (Å²) in [7, 11) is 5.53. The fourth-order valence-corrected chi connectivity index (χ4v) is 5.64. The third-order valence-corrected chi connectivity index (χ3v) is 7.87. The highest BCUT2D eigenvalue weighted by atomic mass is 16.5. The largest absolute Gasteiger partial charge is 0.491 e. The SMILES string of the molecule is CN(C)Cc1nc2c(c(N3CCOc4ccc(-c5cnc6nc(N(C)C(=O)O)[nH]c6c5)cc4C3)n1)CC(C)(C)CC2. The highest BCUT2D eigenvalue weighted by Gasteiger charge is 2.31. The lowest BCUT2D eigenvalue weighted by atomic mass is 9.76. The average molecular weight is 557 g/mol. The number of nitrogens with zero attached hydrogens (tertiary/aromatic N) is 7. The van der Waals surface area contributed by atoms with Gasteiger partial charge in [-0.2, -0.15) is 4.98 Å². The van der Waals surface area contributed by atoms with E-state index in [1.54, 1.807) is 6.20 Å². The Kier molecular flexibility index (Phi) is 6.77.